The fourth-order valence-corrected chi connectivity index (χ4v) is 2.70. The SMILES string of the molecule is C=CCc1cc(C=Nc2ccc(Cl)cc2Cl)cc(OC)c1OCC(=O)O. The molecule has 2 aromatic carbocycles. The second-order valence-electron chi connectivity index (χ2n) is 5.24. The lowest BCUT2D eigenvalue weighted by Gasteiger charge is -2.14. The van der Waals surface area contributed by atoms with Crippen molar-refractivity contribution in [3.63, 3.8) is 0 Å². The largest absolute Gasteiger partial charge is 0.493 e. The minimum Gasteiger partial charge on any atom is -0.493 e. The highest BCUT2D eigenvalue weighted by Gasteiger charge is 2.13. The Morgan fingerprint density at radius 2 is 2.08 bits per heavy atom. The van der Waals surface area contributed by atoms with Crippen molar-refractivity contribution in [3.8, 4) is 11.5 Å². The van der Waals surface area contributed by atoms with Crippen molar-refractivity contribution in [1.82, 2.24) is 0 Å². The number of allylic oxidation sites excluding steroid dienone is 1. The zero-order valence-electron chi connectivity index (χ0n) is 14.0. The number of aliphatic imine (C=N–C) groups is 1. The van der Waals surface area contributed by atoms with E-state index in [4.69, 9.17) is 37.8 Å². The molecule has 0 aliphatic heterocycles. The first kappa shape index (κ1) is 19.8. The predicted octanol–water partition coefficient (Wildman–Crippen LogP) is 4.94. The molecule has 0 unspecified atom stereocenters. The Hall–Kier alpha value is -2.50. The molecule has 0 atom stereocenters. The number of aliphatic carboxylic acids is 1. The Balaban J connectivity index is 2.39. The van der Waals surface area contributed by atoms with Gasteiger partial charge in [0.05, 0.1) is 17.8 Å². The summed E-state index contributed by atoms with van der Waals surface area (Å²) >= 11 is 12.0. The summed E-state index contributed by atoms with van der Waals surface area (Å²) in [5.74, 6) is -0.287. The fraction of sp³-hybridized carbons (Fsp3) is 0.158. The number of benzene rings is 2. The van der Waals surface area contributed by atoms with E-state index in [2.05, 4.69) is 11.6 Å². The Labute approximate surface area is 161 Å². The van der Waals surface area contributed by atoms with Crippen LogP contribution in [0, 0.1) is 0 Å². The van der Waals surface area contributed by atoms with E-state index in [1.54, 1.807) is 36.6 Å². The van der Waals surface area contributed by atoms with Gasteiger partial charge >= 0.3 is 5.97 Å². The van der Waals surface area contributed by atoms with Gasteiger partial charge in [-0.2, -0.15) is 0 Å². The molecule has 0 bridgehead atoms. The van der Waals surface area contributed by atoms with Crippen LogP contribution in [-0.2, 0) is 11.2 Å². The number of halogens is 2. The normalized spacial score (nSPS) is 10.7. The summed E-state index contributed by atoms with van der Waals surface area (Å²) in [5, 5.41) is 9.81. The topological polar surface area (TPSA) is 68.1 Å². The van der Waals surface area contributed by atoms with Crippen LogP contribution in [-0.4, -0.2) is 31.0 Å². The van der Waals surface area contributed by atoms with E-state index in [1.807, 2.05) is 6.07 Å². The number of carboxylic acid groups (broad SMARTS) is 1. The lowest BCUT2D eigenvalue weighted by atomic mass is 10.1. The molecule has 0 aliphatic carbocycles. The van der Waals surface area contributed by atoms with Gasteiger partial charge in [-0.15, -0.1) is 6.58 Å². The molecule has 0 fully saturated rings. The molecule has 2 aromatic rings. The quantitative estimate of drug-likeness (QED) is 0.509. The van der Waals surface area contributed by atoms with Gasteiger partial charge in [0, 0.05) is 16.8 Å². The summed E-state index contributed by atoms with van der Waals surface area (Å²) in [6.45, 7) is 3.25. The van der Waals surface area contributed by atoms with Gasteiger partial charge in [-0.1, -0.05) is 29.3 Å². The van der Waals surface area contributed by atoms with Gasteiger partial charge < -0.3 is 14.6 Å². The summed E-state index contributed by atoms with van der Waals surface area (Å²) in [7, 11) is 1.48. The zero-order valence-corrected chi connectivity index (χ0v) is 15.5. The van der Waals surface area contributed by atoms with E-state index >= 15 is 0 Å². The second-order valence-corrected chi connectivity index (χ2v) is 6.08. The standard InChI is InChI=1S/C19H17Cl2NO4/c1-3-4-13-7-12(8-17(25-2)19(13)26-11-18(23)24)10-22-16-6-5-14(20)9-15(16)21/h3,5-10H,1,4,11H2,2H3,(H,23,24). The molecular weight excluding hydrogens is 377 g/mol. The van der Waals surface area contributed by atoms with Crippen LogP contribution >= 0.6 is 23.2 Å². The monoisotopic (exact) mass is 393 g/mol. The van der Waals surface area contributed by atoms with Crippen molar-refractivity contribution in [2.45, 2.75) is 6.42 Å². The van der Waals surface area contributed by atoms with Gasteiger partial charge in [-0.3, -0.25) is 4.99 Å². The lowest BCUT2D eigenvalue weighted by molar-refractivity contribution is -0.139. The minimum atomic E-state index is -1.07. The Bertz CT molecular complexity index is 850. The maximum atomic E-state index is 10.8. The van der Waals surface area contributed by atoms with Gasteiger partial charge in [0.1, 0.15) is 0 Å². The zero-order chi connectivity index (χ0) is 19.1. The Kier molecular flexibility index (Phi) is 7.06. The number of hydrogen-bond acceptors (Lipinski definition) is 4. The molecule has 0 radical (unpaired) electrons. The average molecular weight is 394 g/mol. The first-order valence-corrected chi connectivity index (χ1v) is 8.35. The van der Waals surface area contributed by atoms with Crippen LogP contribution < -0.4 is 9.47 Å². The number of rotatable bonds is 8. The van der Waals surface area contributed by atoms with Crippen molar-refractivity contribution in [1.29, 1.82) is 0 Å². The number of carbonyl (C=O) groups is 1. The van der Waals surface area contributed by atoms with E-state index in [-0.39, 0.29) is 0 Å². The minimum absolute atomic E-state index is 0.372. The second kappa shape index (κ2) is 9.27. The van der Waals surface area contributed by atoms with E-state index in [1.165, 1.54) is 7.11 Å². The first-order valence-electron chi connectivity index (χ1n) is 7.60. The molecule has 0 spiro atoms. The third-order valence-corrected chi connectivity index (χ3v) is 3.88. The molecule has 5 nitrogen and oxygen atoms in total. The van der Waals surface area contributed by atoms with Crippen LogP contribution in [0.15, 0.2) is 48.0 Å². The van der Waals surface area contributed by atoms with Gasteiger partial charge in [-0.05, 0) is 42.3 Å². The van der Waals surface area contributed by atoms with Crippen LogP contribution in [0.25, 0.3) is 0 Å². The summed E-state index contributed by atoms with van der Waals surface area (Å²) in [4.78, 5) is 15.2. The first-order chi connectivity index (χ1) is 12.4. The van der Waals surface area contributed by atoms with Crippen LogP contribution in [0.3, 0.4) is 0 Å². The van der Waals surface area contributed by atoms with Gasteiger partial charge in [0.2, 0.25) is 0 Å². The number of methoxy groups -OCH3 is 1. The maximum absolute atomic E-state index is 10.8. The third-order valence-electron chi connectivity index (χ3n) is 3.34. The van der Waals surface area contributed by atoms with Crippen molar-refractivity contribution < 1.29 is 19.4 Å². The summed E-state index contributed by atoms with van der Waals surface area (Å²) in [6.07, 6.45) is 3.80. The highest BCUT2D eigenvalue weighted by Crippen LogP contribution is 2.34. The Morgan fingerprint density at radius 3 is 2.69 bits per heavy atom. The molecule has 0 aromatic heterocycles. The molecule has 0 aliphatic rings. The molecule has 0 saturated carbocycles. The molecule has 0 saturated heterocycles. The molecule has 0 heterocycles. The van der Waals surface area contributed by atoms with E-state index < -0.39 is 12.6 Å². The van der Waals surface area contributed by atoms with Crippen molar-refractivity contribution >= 4 is 41.1 Å². The van der Waals surface area contributed by atoms with Crippen molar-refractivity contribution in [2.75, 3.05) is 13.7 Å². The van der Waals surface area contributed by atoms with Crippen molar-refractivity contribution in [2.24, 2.45) is 4.99 Å². The summed E-state index contributed by atoms with van der Waals surface area (Å²) in [6, 6.07) is 8.56. The van der Waals surface area contributed by atoms with Gasteiger partial charge in [0.15, 0.2) is 18.1 Å². The summed E-state index contributed by atoms with van der Waals surface area (Å²) in [5.41, 5.74) is 2.06. The third kappa shape index (κ3) is 5.25. The van der Waals surface area contributed by atoms with Crippen LogP contribution in [0.4, 0.5) is 5.69 Å². The fourth-order valence-electron chi connectivity index (χ4n) is 2.24. The smallest absolute Gasteiger partial charge is 0.341 e. The Morgan fingerprint density at radius 1 is 1.31 bits per heavy atom. The molecule has 2 rings (SSSR count). The molecule has 7 heteroatoms. The van der Waals surface area contributed by atoms with Crippen molar-refractivity contribution in [3.05, 3.63) is 64.2 Å². The highest BCUT2D eigenvalue weighted by atomic mass is 35.5. The van der Waals surface area contributed by atoms with Gasteiger partial charge in [0.25, 0.3) is 0 Å². The van der Waals surface area contributed by atoms with Gasteiger partial charge in [-0.25, -0.2) is 4.79 Å². The van der Waals surface area contributed by atoms with E-state index in [9.17, 15) is 4.79 Å². The molecule has 136 valence electrons. The lowest BCUT2D eigenvalue weighted by Crippen LogP contribution is -2.11. The number of carboxylic acids is 1. The van der Waals surface area contributed by atoms with Crippen LogP contribution in [0.2, 0.25) is 10.0 Å². The number of ether oxygens (including phenoxy) is 2. The molecule has 1 N–H and O–H groups in total. The number of nitrogens with zero attached hydrogens (tertiary/aromatic N) is 1. The number of hydrogen-bond donors (Lipinski definition) is 1. The van der Waals surface area contributed by atoms with E-state index in [0.717, 1.165) is 11.1 Å². The van der Waals surface area contributed by atoms with Crippen LogP contribution in [0.5, 0.6) is 11.5 Å². The highest BCUT2D eigenvalue weighted by molar-refractivity contribution is 6.36. The maximum Gasteiger partial charge on any atom is 0.341 e. The summed E-state index contributed by atoms with van der Waals surface area (Å²) < 4.78 is 10.7. The molecular formula is C19H17Cl2NO4. The van der Waals surface area contributed by atoms with E-state index in [0.29, 0.717) is 33.7 Å². The van der Waals surface area contributed by atoms with Crippen LogP contribution in [0.1, 0.15) is 11.1 Å². The predicted molar refractivity (Wildman–Crippen MR) is 104 cm³/mol. The molecule has 0 amide bonds. The molecule has 26 heavy (non-hydrogen) atoms. The average Bonchev–Trinajstić information content (AvgIpc) is 2.59.